The van der Waals surface area contributed by atoms with Gasteiger partial charge < -0.3 is 9.73 Å². The summed E-state index contributed by atoms with van der Waals surface area (Å²) in [7, 11) is 2.01. The SMILES string of the molecule is CCCC(Cc1ccoc1)NC. The van der Waals surface area contributed by atoms with Gasteiger partial charge in [-0.2, -0.15) is 0 Å². The Balaban J connectivity index is 2.37. The molecule has 1 heterocycles. The topological polar surface area (TPSA) is 25.2 Å². The maximum absolute atomic E-state index is 5.01. The summed E-state index contributed by atoms with van der Waals surface area (Å²) in [6, 6.07) is 2.62. The molecule has 1 aromatic heterocycles. The molecule has 0 aliphatic rings. The number of nitrogens with one attached hydrogen (secondary N) is 1. The van der Waals surface area contributed by atoms with Crippen LogP contribution in [-0.4, -0.2) is 13.1 Å². The molecule has 68 valence electrons. The van der Waals surface area contributed by atoms with E-state index in [-0.39, 0.29) is 0 Å². The fourth-order valence-electron chi connectivity index (χ4n) is 1.39. The van der Waals surface area contributed by atoms with Gasteiger partial charge in [0, 0.05) is 6.04 Å². The van der Waals surface area contributed by atoms with Crippen molar-refractivity contribution in [3.05, 3.63) is 24.2 Å². The van der Waals surface area contributed by atoms with Crippen LogP contribution in [0.1, 0.15) is 25.3 Å². The first-order valence-electron chi connectivity index (χ1n) is 4.55. The molecule has 2 nitrogen and oxygen atoms in total. The van der Waals surface area contributed by atoms with Gasteiger partial charge in [0.1, 0.15) is 0 Å². The van der Waals surface area contributed by atoms with E-state index >= 15 is 0 Å². The number of rotatable bonds is 5. The summed E-state index contributed by atoms with van der Waals surface area (Å²) in [4.78, 5) is 0. The zero-order chi connectivity index (χ0) is 8.81. The second kappa shape index (κ2) is 4.99. The van der Waals surface area contributed by atoms with Crippen LogP contribution in [0.25, 0.3) is 0 Å². The summed E-state index contributed by atoms with van der Waals surface area (Å²) >= 11 is 0. The van der Waals surface area contributed by atoms with Crippen LogP contribution in [0.5, 0.6) is 0 Å². The van der Waals surface area contributed by atoms with Gasteiger partial charge in [0.2, 0.25) is 0 Å². The molecule has 0 saturated heterocycles. The molecule has 0 aliphatic carbocycles. The van der Waals surface area contributed by atoms with Crippen LogP contribution in [0.3, 0.4) is 0 Å². The average Bonchev–Trinajstić information content (AvgIpc) is 2.56. The molecule has 0 radical (unpaired) electrons. The summed E-state index contributed by atoms with van der Waals surface area (Å²) in [6.07, 6.45) is 7.07. The molecule has 0 bridgehead atoms. The highest BCUT2D eigenvalue weighted by molar-refractivity contribution is 5.07. The summed E-state index contributed by atoms with van der Waals surface area (Å²) in [5.41, 5.74) is 1.28. The monoisotopic (exact) mass is 167 g/mol. The first kappa shape index (κ1) is 9.33. The van der Waals surface area contributed by atoms with E-state index in [0.717, 1.165) is 6.42 Å². The first-order chi connectivity index (χ1) is 5.86. The lowest BCUT2D eigenvalue weighted by Gasteiger charge is -2.13. The van der Waals surface area contributed by atoms with Crippen LogP contribution in [0.4, 0.5) is 0 Å². The highest BCUT2D eigenvalue weighted by atomic mass is 16.3. The number of likely N-dealkylation sites (N-methyl/N-ethyl adjacent to an activating group) is 1. The Labute approximate surface area is 74.0 Å². The minimum atomic E-state index is 0.590. The van der Waals surface area contributed by atoms with Crippen molar-refractivity contribution in [2.75, 3.05) is 7.05 Å². The van der Waals surface area contributed by atoms with Gasteiger partial charge in [-0.05, 0) is 31.5 Å². The van der Waals surface area contributed by atoms with E-state index in [4.69, 9.17) is 4.42 Å². The maximum Gasteiger partial charge on any atom is 0.0935 e. The van der Waals surface area contributed by atoms with Crippen molar-refractivity contribution in [2.24, 2.45) is 0 Å². The van der Waals surface area contributed by atoms with E-state index in [0.29, 0.717) is 6.04 Å². The zero-order valence-corrected chi connectivity index (χ0v) is 7.84. The summed E-state index contributed by atoms with van der Waals surface area (Å²) in [5.74, 6) is 0. The fraction of sp³-hybridized carbons (Fsp3) is 0.600. The highest BCUT2D eigenvalue weighted by Gasteiger charge is 2.05. The normalized spacial score (nSPS) is 13.2. The van der Waals surface area contributed by atoms with Crippen LogP contribution in [0.2, 0.25) is 0 Å². The quantitative estimate of drug-likeness (QED) is 0.727. The standard InChI is InChI=1S/C10H17NO/c1-3-4-10(11-2)7-9-5-6-12-8-9/h5-6,8,10-11H,3-4,7H2,1-2H3. The predicted octanol–water partition coefficient (Wildman–Crippen LogP) is 2.21. The second-order valence-electron chi connectivity index (χ2n) is 3.11. The Morgan fingerprint density at radius 2 is 2.42 bits per heavy atom. The van der Waals surface area contributed by atoms with Crippen LogP contribution in [0.15, 0.2) is 23.0 Å². The highest BCUT2D eigenvalue weighted by Crippen LogP contribution is 2.07. The van der Waals surface area contributed by atoms with E-state index in [2.05, 4.69) is 12.2 Å². The molecule has 1 rings (SSSR count). The van der Waals surface area contributed by atoms with Crippen molar-refractivity contribution >= 4 is 0 Å². The van der Waals surface area contributed by atoms with Crippen molar-refractivity contribution < 1.29 is 4.42 Å². The predicted molar refractivity (Wildman–Crippen MR) is 50.2 cm³/mol. The molecule has 1 aromatic rings. The van der Waals surface area contributed by atoms with Crippen molar-refractivity contribution in [3.8, 4) is 0 Å². The van der Waals surface area contributed by atoms with Gasteiger partial charge in [-0.25, -0.2) is 0 Å². The Bertz CT molecular complexity index is 194. The van der Waals surface area contributed by atoms with E-state index in [1.165, 1.54) is 18.4 Å². The molecule has 1 unspecified atom stereocenters. The number of furan rings is 1. The number of hydrogen-bond acceptors (Lipinski definition) is 2. The largest absolute Gasteiger partial charge is 0.472 e. The lowest BCUT2D eigenvalue weighted by Crippen LogP contribution is -2.26. The van der Waals surface area contributed by atoms with E-state index in [1.807, 2.05) is 19.4 Å². The third kappa shape index (κ3) is 2.70. The molecule has 2 heteroatoms. The summed E-state index contributed by atoms with van der Waals surface area (Å²) in [6.45, 7) is 2.21. The molecule has 0 aliphatic heterocycles. The van der Waals surface area contributed by atoms with E-state index < -0.39 is 0 Å². The van der Waals surface area contributed by atoms with E-state index in [9.17, 15) is 0 Å². The minimum Gasteiger partial charge on any atom is -0.472 e. The molecular formula is C10H17NO. The lowest BCUT2D eigenvalue weighted by molar-refractivity contribution is 0.507. The van der Waals surface area contributed by atoms with Crippen molar-refractivity contribution in [1.82, 2.24) is 5.32 Å². The van der Waals surface area contributed by atoms with Gasteiger partial charge in [0.15, 0.2) is 0 Å². The zero-order valence-electron chi connectivity index (χ0n) is 7.84. The lowest BCUT2D eigenvalue weighted by atomic mass is 10.1. The van der Waals surface area contributed by atoms with Gasteiger partial charge >= 0.3 is 0 Å². The molecule has 0 spiro atoms. The first-order valence-corrected chi connectivity index (χ1v) is 4.55. The van der Waals surface area contributed by atoms with Gasteiger partial charge in [-0.15, -0.1) is 0 Å². The van der Waals surface area contributed by atoms with Crippen molar-refractivity contribution in [3.63, 3.8) is 0 Å². The summed E-state index contributed by atoms with van der Waals surface area (Å²) in [5, 5.41) is 3.30. The van der Waals surface area contributed by atoms with Crippen LogP contribution >= 0.6 is 0 Å². The van der Waals surface area contributed by atoms with Crippen molar-refractivity contribution in [2.45, 2.75) is 32.2 Å². The van der Waals surface area contributed by atoms with Gasteiger partial charge in [0.25, 0.3) is 0 Å². The molecule has 12 heavy (non-hydrogen) atoms. The van der Waals surface area contributed by atoms with Crippen molar-refractivity contribution in [1.29, 1.82) is 0 Å². The van der Waals surface area contributed by atoms with Gasteiger partial charge in [-0.3, -0.25) is 0 Å². The van der Waals surface area contributed by atoms with Crippen LogP contribution in [-0.2, 0) is 6.42 Å². The molecule has 0 fully saturated rings. The Morgan fingerprint density at radius 1 is 1.58 bits per heavy atom. The second-order valence-corrected chi connectivity index (χ2v) is 3.11. The fourth-order valence-corrected chi connectivity index (χ4v) is 1.39. The molecule has 1 N–H and O–H groups in total. The summed E-state index contributed by atoms with van der Waals surface area (Å²) < 4.78 is 5.01. The molecule has 0 aromatic carbocycles. The Kier molecular flexibility index (Phi) is 3.88. The third-order valence-corrected chi connectivity index (χ3v) is 2.11. The smallest absolute Gasteiger partial charge is 0.0935 e. The van der Waals surface area contributed by atoms with E-state index in [1.54, 1.807) is 6.26 Å². The van der Waals surface area contributed by atoms with Gasteiger partial charge in [-0.1, -0.05) is 13.3 Å². The molecule has 1 atom stereocenters. The van der Waals surface area contributed by atoms with Crippen LogP contribution in [0, 0.1) is 0 Å². The minimum absolute atomic E-state index is 0.590. The molecule has 0 saturated carbocycles. The maximum atomic E-state index is 5.01. The van der Waals surface area contributed by atoms with Crippen LogP contribution < -0.4 is 5.32 Å². The molecular weight excluding hydrogens is 150 g/mol. The Hall–Kier alpha value is -0.760. The van der Waals surface area contributed by atoms with Gasteiger partial charge in [0.05, 0.1) is 12.5 Å². The average molecular weight is 167 g/mol. The third-order valence-electron chi connectivity index (χ3n) is 2.11. The molecule has 0 amide bonds. The number of hydrogen-bond donors (Lipinski definition) is 1. The Morgan fingerprint density at radius 3 is 2.92 bits per heavy atom.